The van der Waals surface area contributed by atoms with Crippen LogP contribution in [-0.4, -0.2) is 12.3 Å². The van der Waals surface area contributed by atoms with Gasteiger partial charge >= 0.3 is 0 Å². The van der Waals surface area contributed by atoms with Crippen molar-refractivity contribution in [3.05, 3.63) is 34.7 Å². The lowest BCUT2D eigenvalue weighted by atomic mass is 10.2. The standard InChI is InChI=1S/C10H11N3/c11-6-10-5-8-3-1-2-4-9(8)7-12-13-10/h1-5,7,12H,6,11H2. The second-order valence-electron chi connectivity index (χ2n) is 2.85. The molecule has 0 spiro atoms. The Hall–Kier alpha value is -1.61. The first-order valence-corrected chi connectivity index (χ1v) is 4.19. The van der Waals surface area contributed by atoms with E-state index in [0.29, 0.717) is 6.54 Å². The van der Waals surface area contributed by atoms with Crippen LogP contribution < -0.4 is 21.6 Å². The normalized spacial score (nSPS) is 14.1. The van der Waals surface area contributed by atoms with Gasteiger partial charge in [-0.3, -0.25) is 5.43 Å². The van der Waals surface area contributed by atoms with Crippen LogP contribution in [0.15, 0.2) is 29.4 Å². The first-order valence-electron chi connectivity index (χ1n) is 4.19. The fourth-order valence-corrected chi connectivity index (χ4v) is 1.27. The van der Waals surface area contributed by atoms with E-state index in [-0.39, 0.29) is 0 Å². The third kappa shape index (κ3) is 1.60. The molecule has 0 aromatic heterocycles. The van der Waals surface area contributed by atoms with Crippen LogP contribution in [0, 0.1) is 0 Å². The molecular formula is C10H11N3. The van der Waals surface area contributed by atoms with Gasteiger partial charge in [-0.15, -0.1) is 0 Å². The topological polar surface area (TPSA) is 50.4 Å². The van der Waals surface area contributed by atoms with E-state index >= 15 is 0 Å². The molecule has 66 valence electrons. The molecule has 1 aromatic carbocycles. The Bertz CT molecular complexity index is 445. The minimum Gasteiger partial charge on any atom is -0.325 e. The Balaban J connectivity index is 2.64. The van der Waals surface area contributed by atoms with Crippen molar-refractivity contribution < 1.29 is 0 Å². The quantitative estimate of drug-likeness (QED) is 0.579. The Morgan fingerprint density at radius 1 is 1.23 bits per heavy atom. The van der Waals surface area contributed by atoms with Gasteiger partial charge in [0.1, 0.15) is 0 Å². The number of hydrogen-bond donors (Lipinski definition) is 2. The number of nitrogens with zero attached hydrogens (tertiary/aromatic N) is 1. The second-order valence-corrected chi connectivity index (χ2v) is 2.85. The van der Waals surface area contributed by atoms with Gasteiger partial charge in [0.05, 0.1) is 5.71 Å². The largest absolute Gasteiger partial charge is 0.325 e. The summed E-state index contributed by atoms with van der Waals surface area (Å²) in [6.45, 7) is 0.454. The van der Waals surface area contributed by atoms with Gasteiger partial charge in [-0.25, -0.2) is 0 Å². The minimum absolute atomic E-state index is 0.454. The lowest BCUT2D eigenvalue weighted by Crippen LogP contribution is -2.25. The Morgan fingerprint density at radius 3 is 2.77 bits per heavy atom. The van der Waals surface area contributed by atoms with E-state index in [4.69, 9.17) is 5.73 Å². The third-order valence-corrected chi connectivity index (χ3v) is 1.96. The highest BCUT2D eigenvalue weighted by molar-refractivity contribution is 6.11. The van der Waals surface area contributed by atoms with E-state index in [1.807, 2.05) is 36.5 Å². The van der Waals surface area contributed by atoms with Crippen molar-refractivity contribution in [2.45, 2.75) is 0 Å². The summed E-state index contributed by atoms with van der Waals surface area (Å²) < 4.78 is 0. The zero-order chi connectivity index (χ0) is 9.10. The monoisotopic (exact) mass is 173 g/mol. The van der Waals surface area contributed by atoms with E-state index in [1.54, 1.807) is 0 Å². The number of rotatable bonds is 1. The van der Waals surface area contributed by atoms with Crippen molar-refractivity contribution >= 4 is 18.0 Å². The van der Waals surface area contributed by atoms with Crippen LogP contribution in [0.2, 0.25) is 0 Å². The van der Waals surface area contributed by atoms with Crippen LogP contribution in [0.4, 0.5) is 0 Å². The first-order chi connectivity index (χ1) is 6.40. The van der Waals surface area contributed by atoms with Gasteiger partial charge in [0.2, 0.25) is 0 Å². The average molecular weight is 173 g/mol. The summed E-state index contributed by atoms with van der Waals surface area (Å²) in [5.41, 5.74) is 9.23. The number of nitrogens with two attached hydrogens (primary N) is 1. The lowest BCUT2D eigenvalue weighted by Gasteiger charge is -1.92. The van der Waals surface area contributed by atoms with Crippen LogP contribution >= 0.6 is 0 Å². The molecule has 1 heterocycles. The van der Waals surface area contributed by atoms with Gasteiger partial charge in [0.25, 0.3) is 0 Å². The predicted octanol–water partition coefficient (Wildman–Crippen LogP) is -0.877. The lowest BCUT2D eigenvalue weighted by molar-refractivity contribution is 1.02. The fourth-order valence-electron chi connectivity index (χ4n) is 1.27. The number of fused-ring (bicyclic) bond motifs is 1. The summed E-state index contributed by atoms with van der Waals surface area (Å²) >= 11 is 0. The number of benzene rings is 1. The van der Waals surface area contributed by atoms with Crippen molar-refractivity contribution in [2.75, 3.05) is 6.54 Å². The highest BCUT2D eigenvalue weighted by Gasteiger charge is 1.94. The molecule has 0 aliphatic carbocycles. The minimum atomic E-state index is 0.454. The maximum Gasteiger partial charge on any atom is 0.0748 e. The first kappa shape index (κ1) is 8.01. The van der Waals surface area contributed by atoms with E-state index in [2.05, 4.69) is 10.5 Å². The Kier molecular flexibility index (Phi) is 2.10. The van der Waals surface area contributed by atoms with Gasteiger partial charge < -0.3 is 5.73 Å². The van der Waals surface area contributed by atoms with Crippen molar-refractivity contribution in [1.29, 1.82) is 0 Å². The summed E-state index contributed by atoms with van der Waals surface area (Å²) in [6, 6.07) is 8.08. The molecule has 1 aliphatic rings. The Labute approximate surface area is 76.3 Å². The zero-order valence-electron chi connectivity index (χ0n) is 7.20. The van der Waals surface area contributed by atoms with E-state index in [9.17, 15) is 0 Å². The number of hydrogen-bond acceptors (Lipinski definition) is 3. The van der Waals surface area contributed by atoms with Crippen LogP contribution in [0.5, 0.6) is 0 Å². The second kappa shape index (κ2) is 3.41. The van der Waals surface area contributed by atoms with Crippen molar-refractivity contribution in [2.24, 2.45) is 10.8 Å². The van der Waals surface area contributed by atoms with E-state index in [1.165, 1.54) is 0 Å². The van der Waals surface area contributed by atoms with Crippen molar-refractivity contribution in [3.63, 3.8) is 0 Å². The van der Waals surface area contributed by atoms with E-state index in [0.717, 1.165) is 16.1 Å². The molecule has 0 unspecified atom stereocenters. The molecule has 0 fully saturated rings. The highest BCUT2D eigenvalue weighted by Crippen LogP contribution is 1.80. The van der Waals surface area contributed by atoms with Gasteiger partial charge in [-0.2, -0.15) is 5.10 Å². The summed E-state index contributed by atoms with van der Waals surface area (Å²) in [5.74, 6) is 0. The molecule has 0 saturated carbocycles. The fraction of sp³-hybridized carbons (Fsp3) is 0.100. The molecular weight excluding hydrogens is 162 g/mol. The molecule has 3 nitrogen and oxygen atoms in total. The zero-order valence-corrected chi connectivity index (χ0v) is 7.20. The molecule has 3 N–H and O–H groups in total. The van der Waals surface area contributed by atoms with Crippen molar-refractivity contribution in [1.82, 2.24) is 5.43 Å². The molecule has 2 rings (SSSR count). The summed E-state index contributed by atoms with van der Waals surface area (Å²) in [6.07, 6.45) is 3.86. The van der Waals surface area contributed by atoms with Gasteiger partial charge in [-0.1, -0.05) is 24.3 Å². The molecule has 0 amide bonds. The third-order valence-electron chi connectivity index (χ3n) is 1.96. The predicted molar refractivity (Wildman–Crippen MR) is 54.2 cm³/mol. The van der Waals surface area contributed by atoms with Gasteiger partial charge in [0, 0.05) is 12.7 Å². The smallest absolute Gasteiger partial charge is 0.0748 e. The molecule has 1 aromatic rings. The van der Waals surface area contributed by atoms with Crippen LogP contribution in [0.25, 0.3) is 12.3 Å². The van der Waals surface area contributed by atoms with Crippen LogP contribution in [-0.2, 0) is 0 Å². The van der Waals surface area contributed by atoms with Gasteiger partial charge in [-0.05, 0) is 16.5 Å². The molecule has 0 saturated heterocycles. The SMILES string of the molecule is NCC1=NNC=c2ccccc2=C1. The van der Waals surface area contributed by atoms with Crippen LogP contribution in [0.1, 0.15) is 0 Å². The summed E-state index contributed by atoms with van der Waals surface area (Å²) in [4.78, 5) is 0. The Morgan fingerprint density at radius 2 is 2.00 bits per heavy atom. The average Bonchev–Trinajstić information content (AvgIpc) is 2.38. The maximum absolute atomic E-state index is 5.51. The maximum atomic E-state index is 5.51. The molecule has 0 radical (unpaired) electrons. The molecule has 0 bridgehead atoms. The van der Waals surface area contributed by atoms with E-state index < -0.39 is 0 Å². The molecule has 13 heavy (non-hydrogen) atoms. The molecule has 3 heteroatoms. The molecule has 0 atom stereocenters. The van der Waals surface area contributed by atoms with Crippen molar-refractivity contribution in [3.8, 4) is 0 Å². The summed E-state index contributed by atoms with van der Waals surface area (Å²) in [7, 11) is 0. The van der Waals surface area contributed by atoms with Gasteiger partial charge in [0.15, 0.2) is 0 Å². The molecule has 1 aliphatic heterocycles. The number of hydrazone groups is 1. The summed E-state index contributed by atoms with van der Waals surface area (Å²) in [5, 5.41) is 6.37. The number of nitrogens with one attached hydrogen (secondary N) is 1. The highest BCUT2D eigenvalue weighted by atomic mass is 15.3. The van der Waals surface area contributed by atoms with Crippen LogP contribution in [0.3, 0.4) is 0 Å².